The molecule has 7 heteroatoms. The molecule has 7 nitrogen and oxygen atoms in total. The first-order chi connectivity index (χ1) is 12.5. The molecule has 3 rings (SSSR count). The Balaban J connectivity index is 1.57. The van der Waals surface area contributed by atoms with Crippen LogP contribution in [0.3, 0.4) is 0 Å². The van der Waals surface area contributed by atoms with E-state index in [0.29, 0.717) is 18.8 Å². The fourth-order valence-corrected chi connectivity index (χ4v) is 3.04. The van der Waals surface area contributed by atoms with Crippen molar-refractivity contribution in [2.75, 3.05) is 38.1 Å². The highest BCUT2D eigenvalue weighted by Crippen LogP contribution is 2.15. The van der Waals surface area contributed by atoms with Crippen LogP contribution in [0, 0.1) is 6.92 Å². The molecule has 1 aliphatic heterocycles. The Labute approximate surface area is 153 Å². The van der Waals surface area contributed by atoms with Crippen molar-refractivity contribution < 1.29 is 9.59 Å². The fraction of sp³-hybridized carbons (Fsp3) is 0.421. The van der Waals surface area contributed by atoms with E-state index in [9.17, 15) is 9.59 Å². The van der Waals surface area contributed by atoms with Gasteiger partial charge in [-0.25, -0.2) is 4.79 Å². The molecule has 26 heavy (non-hydrogen) atoms. The van der Waals surface area contributed by atoms with E-state index >= 15 is 0 Å². The molecule has 2 heterocycles. The number of hydrogen-bond donors (Lipinski definition) is 0. The minimum absolute atomic E-state index is 0.0955. The number of aromatic nitrogens is 2. The van der Waals surface area contributed by atoms with Crippen LogP contribution in [0.2, 0.25) is 0 Å². The molecule has 1 aliphatic rings. The molecular formula is C19H25N5O2. The summed E-state index contributed by atoms with van der Waals surface area (Å²) in [6.45, 7) is 7.52. The van der Waals surface area contributed by atoms with E-state index in [-0.39, 0.29) is 11.9 Å². The van der Waals surface area contributed by atoms with Crippen molar-refractivity contribution >= 4 is 17.6 Å². The second-order valence-electron chi connectivity index (χ2n) is 6.69. The topological polar surface area (TPSA) is 61.7 Å². The Hall–Kier alpha value is -2.67. The van der Waals surface area contributed by atoms with Crippen LogP contribution < -0.4 is 4.90 Å². The molecule has 0 radical (unpaired) electrons. The summed E-state index contributed by atoms with van der Waals surface area (Å²) in [5.74, 6) is -0.0955. The second kappa shape index (κ2) is 7.70. The highest BCUT2D eigenvalue weighted by molar-refractivity contribution is 5.91. The maximum atomic E-state index is 12.6. The van der Waals surface area contributed by atoms with E-state index in [1.807, 2.05) is 0 Å². The molecule has 0 atom stereocenters. The Morgan fingerprint density at radius 1 is 1.15 bits per heavy atom. The van der Waals surface area contributed by atoms with Gasteiger partial charge >= 0.3 is 6.03 Å². The van der Waals surface area contributed by atoms with Gasteiger partial charge in [-0.1, -0.05) is 24.3 Å². The number of amides is 2. The number of aryl methyl sites for hydroxylation is 1. The molecule has 1 fully saturated rings. The summed E-state index contributed by atoms with van der Waals surface area (Å²) in [4.78, 5) is 29.7. The largest absolute Gasteiger partial charge is 0.344 e. The lowest BCUT2D eigenvalue weighted by Gasteiger charge is -2.34. The first-order valence-corrected chi connectivity index (χ1v) is 8.81. The summed E-state index contributed by atoms with van der Waals surface area (Å²) < 4.78 is 1.31. The minimum atomic E-state index is -0.149. The van der Waals surface area contributed by atoms with Gasteiger partial charge in [0.15, 0.2) is 0 Å². The molecule has 0 spiro atoms. The molecular weight excluding hydrogens is 330 g/mol. The van der Waals surface area contributed by atoms with Gasteiger partial charge < -0.3 is 9.80 Å². The summed E-state index contributed by atoms with van der Waals surface area (Å²) in [7, 11) is 1.67. The quantitative estimate of drug-likeness (QED) is 0.844. The van der Waals surface area contributed by atoms with Crippen molar-refractivity contribution in [3.8, 4) is 0 Å². The van der Waals surface area contributed by atoms with Crippen molar-refractivity contribution in [1.29, 1.82) is 0 Å². The summed E-state index contributed by atoms with van der Waals surface area (Å²) in [5, 5.41) is 4.11. The first kappa shape index (κ1) is 18.1. The smallest absolute Gasteiger partial charge is 0.320 e. The predicted molar refractivity (Wildman–Crippen MR) is 100 cm³/mol. The van der Waals surface area contributed by atoms with Crippen LogP contribution in [0.1, 0.15) is 18.1 Å². The van der Waals surface area contributed by atoms with Gasteiger partial charge in [-0.05, 0) is 18.1 Å². The van der Waals surface area contributed by atoms with E-state index in [0.717, 1.165) is 19.6 Å². The maximum Gasteiger partial charge on any atom is 0.344 e. The number of benzene rings is 1. The van der Waals surface area contributed by atoms with Crippen LogP contribution in [0.4, 0.5) is 10.5 Å². The highest BCUT2D eigenvalue weighted by Gasteiger charge is 2.23. The fourth-order valence-electron chi connectivity index (χ4n) is 3.04. The molecule has 2 aromatic rings. The van der Waals surface area contributed by atoms with E-state index in [2.05, 4.69) is 41.2 Å². The van der Waals surface area contributed by atoms with Crippen LogP contribution >= 0.6 is 0 Å². The molecule has 1 aromatic carbocycles. The Morgan fingerprint density at radius 2 is 1.85 bits per heavy atom. The second-order valence-corrected chi connectivity index (χ2v) is 6.69. The number of piperazine rings is 1. The number of nitrogens with zero attached hydrogens (tertiary/aromatic N) is 5. The average Bonchev–Trinajstić information content (AvgIpc) is 3.13. The molecule has 0 saturated carbocycles. The number of carbonyl (C=O) groups excluding carboxylic acids is 2. The van der Waals surface area contributed by atoms with Crippen molar-refractivity contribution in [1.82, 2.24) is 19.6 Å². The SMILES string of the molecule is CC(=O)N(C)c1cnn(C(=O)N2CCN(Cc3ccccc3C)CC2)c1. The molecule has 0 bridgehead atoms. The monoisotopic (exact) mass is 355 g/mol. The van der Waals surface area contributed by atoms with Gasteiger partial charge in [-0.15, -0.1) is 0 Å². The average molecular weight is 355 g/mol. The van der Waals surface area contributed by atoms with Crippen LogP contribution in [-0.4, -0.2) is 64.7 Å². The number of anilines is 1. The van der Waals surface area contributed by atoms with E-state index < -0.39 is 0 Å². The van der Waals surface area contributed by atoms with Crippen molar-refractivity contribution in [2.24, 2.45) is 0 Å². The third-order valence-electron chi connectivity index (χ3n) is 4.92. The third-order valence-corrected chi connectivity index (χ3v) is 4.92. The molecule has 1 saturated heterocycles. The van der Waals surface area contributed by atoms with Gasteiger partial charge in [0, 0.05) is 46.7 Å². The summed E-state index contributed by atoms with van der Waals surface area (Å²) >= 11 is 0. The normalized spacial score (nSPS) is 15.1. The van der Waals surface area contributed by atoms with Crippen LogP contribution in [0.5, 0.6) is 0 Å². The molecule has 0 unspecified atom stereocenters. The van der Waals surface area contributed by atoms with E-state index in [1.54, 1.807) is 18.1 Å². The number of carbonyl (C=O) groups is 2. The third kappa shape index (κ3) is 3.94. The lowest BCUT2D eigenvalue weighted by atomic mass is 10.1. The van der Waals surface area contributed by atoms with Gasteiger partial charge in [0.25, 0.3) is 0 Å². The predicted octanol–water partition coefficient (Wildman–Crippen LogP) is 1.96. The molecule has 0 N–H and O–H groups in total. The summed E-state index contributed by atoms with van der Waals surface area (Å²) in [6, 6.07) is 8.25. The number of rotatable bonds is 3. The van der Waals surface area contributed by atoms with Gasteiger partial charge in [-0.3, -0.25) is 9.69 Å². The zero-order valence-corrected chi connectivity index (χ0v) is 15.6. The standard InChI is InChI=1S/C19H25N5O2/c1-15-6-4-5-7-17(15)13-22-8-10-23(11-9-22)19(26)24-14-18(12-20-24)21(3)16(2)25/h4-7,12,14H,8-11,13H2,1-3H3. The molecule has 0 aliphatic carbocycles. The summed E-state index contributed by atoms with van der Waals surface area (Å²) in [5.41, 5.74) is 3.24. The van der Waals surface area contributed by atoms with Gasteiger partial charge in [0.2, 0.25) is 5.91 Å². The van der Waals surface area contributed by atoms with E-state index in [1.165, 1.54) is 33.8 Å². The highest BCUT2D eigenvalue weighted by atomic mass is 16.2. The van der Waals surface area contributed by atoms with Crippen LogP contribution in [0.15, 0.2) is 36.7 Å². The zero-order chi connectivity index (χ0) is 18.7. The maximum absolute atomic E-state index is 12.6. The minimum Gasteiger partial charge on any atom is -0.320 e. The Bertz CT molecular complexity index is 793. The van der Waals surface area contributed by atoms with Crippen molar-refractivity contribution in [3.05, 3.63) is 47.8 Å². The van der Waals surface area contributed by atoms with Crippen LogP contribution in [0.25, 0.3) is 0 Å². The molecule has 138 valence electrons. The van der Waals surface area contributed by atoms with E-state index in [4.69, 9.17) is 0 Å². The lowest BCUT2D eigenvalue weighted by Crippen LogP contribution is -2.49. The van der Waals surface area contributed by atoms with Gasteiger partial charge in [0.1, 0.15) is 0 Å². The van der Waals surface area contributed by atoms with Crippen LogP contribution in [-0.2, 0) is 11.3 Å². The number of hydrogen-bond acceptors (Lipinski definition) is 4. The van der Waals surface area contributed by atoms with Gasteiger partial charge in [-0.2, -0.15) is 9.78 Å². The van der Waals surface area contributed by atoms with Crippen molar-refractivity contribution in [3.63, 3.8) is 0 Å². The molecule has 2 amide bonds. The first-order valence-electron chi connectivity index (χ1n) is 8.81. The Morgan fingerprint density at radius 3 is 2.50 bits per heavy atom. The van der Waals surface area contributed by atoms with Gasteiger partial charge in [0.05, 0.1) is 18.1 Å². The lowest BCUT2D eigenvalue weighted by molar-refractivity contribution is -0.116. The summed E-state index contributed by atoms with van der Waals surface area (Å²) in [6.07, 6.45) is 3.14. The zero-order valence-electron chi connectivity index (χ0n) is 15.6. The molecule has 1 aromatic heterocycles. The Kier molecular flexibility index (Phi) is 5.37. The van der Waals surface area contributed by atoms with Crippen molar-refractivity contribution in [2.45, 2.75) is 20.4 Å².